The molecule has 0 spiro atoms. The van der Waals surface area contributed by atoms with Crippen molar-refractivity contribution in [3.05, 3.63) is 0 Å². The minimum Gasteiger partial charge on any atom is -0.198 e. The first-order valence-corrected chi connectivity index (χ1v) is 12.6. The summed E-state index contributed by atoms with van der Waals surface area (Å²) >= 11 is 0. The van der Waals surface area contributed by atoms with E-state index >= 15 is 0 Å². The first-order chi connectivity index (χ1) is 13.2. The average Bonchev–Trinajstić information content (AvgIpc) is 2.71. The summed E-state index contributed by atoms with van der Waals surface area (Å²) in [6, 6.07) is 2.84. The molecular formula is C26H45N. The predicted molar refractivity (Wildman–Crippen MR) is 115 cm³/mol. The van der Waals surface area contributed by atoms with Gasteiger partial charge in [-0.2, -0.15) is 5.26 Å². The number of fused-ring (bicyclic) bond motifs is 3. The molecule has 0 N–H and O–H groups in total. The Morgan fingerprint density at radius 3 is 2.33 bits per heavy atom. The van der Waals surface area contributed by atoms with Gasteiger partial charge >= 0.3 is 0 Å². The molecule has 154 valence electrons. The molecule has 6 unspecified atom stereocenters. The first kappa shape index (κ1) is 21.2. The number of hydrogen-bond acceptors (Lipinski definition) is 1. The molecule has 0 radical (unpaired) electrons. The van der Waals surface area contributed by atoms with E-state index in [2.05, 4.69) is 19.9 Å². The Balaban J connectivity index is 1.51. The van der Waals surface area contributed by atoms with Gasteiger partial charge in [0.15, 0.2) is 0 Å². The van der Waals surface area contributed by atoms with E-state index in [0.717, 1.165) is 29.6 Å². The minimum atomic E-state index is 0.0402. The van der Waals surface area contributed by atoms with Crippen molar-refractivity contribution >= 4 is 0 Å². The molecule has 0 aromatic heterocycles. The zero-order valence-electron chi connectivity index (χ0n) is 18.4. The van der Waals surface area contributed by atoms with Crippen molar-refractivity contribution in [2.45, 2.75) is 123 Å². The topological polar surface area (TPSA) is 23.8 Å². The van der Waals surface area contributed by atoms with Crippen LogP contribution in [0.25, 0.3) is 0 Å². The van der Waals surface area contributed by atoms with E-state index in [-0.39, 0.29) is 5.41 Å². The van der Waals surface area contributed by atoms with Crippen LogP contribution in [0.4, 0.5) is 0 Å². The number of rotatable bonds is 9. The molecule has 1 nitrogen and oxygen atoms in total. The zero-order valence-corrected chi connectivity index (χ0v) is 18.4. The van der Waals surface area contributed by atoms with Gasteiger partial charge < -0.3 is 0 Å². The lowest BCUT2D eigenvalue weighted by Crippen LogP contribution is -2.44. The summed E-state index contributed by atoms with van der Waals surface area (Å²) in [6.45, 7) is 4.62. The van der Waals surface area contributed by atoms with Gasteiger partial charge in [-0.05, 0) is 81.0 Å². The Labute approximate surface area is 169 Å². The van der Waals surface area contributed by atoms with Gasteiger partial charge in [0.2, 0.25) is 0 Å². The van der Waals surface area contributed by atoms with E-state index in [0.29, 0.717) is 0 Å². The largest absolute Gasteiger partial charge is 0.198 e. The summed E-state index contributed by atoms with van der Waals surface area (Å²) in [7, 11) is 0. The highest BCUT2D eigenvalue weighted by Gasteiger charge is 2.48. The maximum Gasteiger partial charge on any atom is 0.0689 e. The quantitative estimate of drug-likeness (QED) is 0.374. The van der Waals surface area contributed by atoms with Crippen molar-refractivity contribution in [1.29, 1.82) is 5.26 Å². The third-order valence-electron chi connectivity index (χ3n) is 8.78. The second kappa shape index (κ2) is 10.3. The van der Waals surface area contributed by atoms with Crippen LogP contribution in [0.3, 0.4) is 0 Å². The Morgan fingerprint density at radius 1 is 0.815 bits per heavy atom. The summed E-state index contributed by atoms with van der Waals surface area (Å²) in [6.07, 6.45) is 23.4. The van der Waals surface area contributed by atoms with Crippen molar-refractivity contribution in [2.24, 2.45) is 35.0 Å². The Morgan fingerprint density at radius 2 is 1.56 bits per heavy atom. The molecule has 3 aliphatic carbocycles. The van der Waals surface area contributed by atoms with Gasteiger partial charge in [0.25, 0.3) is 0 Å². The molecule has 3 fully saturated rings. The van der Waals surface area contributed by atoms with Crippen LogP contribution in [0, 0.1) is 46.3 Å². The number of hydrogen-bond donors (Lipinski definition) is 0. The van der Waals surface area contributed by atoms with Crippen molar-refractivity contribution in [2.75, 3.05) is 0 Å². The van der Waals surface area contributed by atoms with Crippen LogP contribution in [0.2, 0.25) is 0 Å². The monoisotopic (exact) mass is 371 g/mol. The summed E-state index contributed by atoms with van der Waals surface area (Å²) in [4.78, 5) is 0. The number of nitrogens with zero attached hydrogens (tertiary/aromatic N) is 1. The molecule has 0 aromatic carbocycles. The van der Waals surface area contributed by atoms with Gasteiger partial charge in [-0.15, -0.1) is 0 Å². The van der Waals surface area contributed by atoms with Crippen molar-refractivity contribution < 1.29 is 0 Å². The molecule has 3 saturated carbocycles. The smallest absolute Gasteiger partial charge is 0.0689 e. The zero-order chi connectivity index (χ0) is 19.1. The molecule has 3 aliphatic rings. The second-order valence-corrected chi connectivity index (χ2v) is 10.5. The number of nitriles is 1. The maximum atomic E-state index is 10.0. The molecule has 0 bridgehead atoms. The molecule has 0 heterocycles. The Kier molecular flexibility index (Phi) is 8.10. The standard InChI is InChI=1S/C26H45N/c1-3-5-7-8-9-16-26(20-27)17-15-25-23(19-26)13-12-22-18-21(10-6-4-2)11-14-24(22)25/h21-25H,3-19H2,1-2H3. The Bertz CT molecular complexity index is 477. The molecule has 27 heavy (non-hydrogen) atoms. The van der Waals surface area contributed by atoms with Gasteiger partial charge in [0.1, 0.15) is 0 Å². The van der Waals surface area contributed by atoms with Crippen molar-refractivity contribution in [3.63, 3.8) is 0 Å². The van der Waals surface area contributed by atoms with Gasteiger partial charge in [-0.25, -0.2) is 0 Å². The normalized spacial score (nSPS) is 38.6. The summed E-state index contributed by atoms with van der Waals surface area (Å²) < 4.78 is 0. The van der Waals surface area contributed by atoms with Crippen LogP contribution in [0.5, 0.6) is 0 Å². The highest BCUT2D eigenvalue weighted by atomic mass is 14.5. The van der Waals surface area contributed by atoms with E-state index in [9.17, 15) is 5.26 Å². The molecule has 6 atom stereocenters. The van der Waals surface area contributed by atoms with Crippen LogP contribution in [0.1, 0.15) is 123 Å². The lowest BCUT2D eigenvalue weighted by molar-refractivity contribution is -0.0181. The van der Waals surface area contributed by atoms with E-state index in [1.807, 2.05) is 0 Å². The van der Waals surface area contributed by atoms with Crippen molar-refractivity contribution in [1.82, 2.24) is 0 Å². The van der Waals surface area contributed by atoms with Gasteiger partial charge in [0, 0.05) is 0 Å². The highest BCUT2D eigenvalue weighted by molar-refractivity contribution is 5.06. The molecule has 0 amide bonds. The molecule has 1 heteroatoms. The van der Waals surface area contributed by atoms with E-state index < -0.39 is 0 Å². The molecule has 3 rings (SSSR count). The highest BCUT2D eigenvalue weighted by Crippen LogP contribution is 2.57. The lowest BCUT2D eigenvalue weighted by atomic mass is 9.52. The van der Waals surface area contributed by atoms with E-state index in [4.69, 9.17) is 0 Å². The van der Waals surface area contributed by atoms with Crippen LogP contribution >= 0.6 is 0 Å². The average molecular weight is 372 g/mol. The van der Waals surface area contributed by atoms with Crippen molar-refractivity contribution in [3.8, 4) is 6.07 Å². The fourth-order valence-electron chi connectivity index (χ4n) is 7.23. The Hall–Kier alpha value is -0.510. The number of unbranched alkanes of at least 4 members (excludes halogenated alkanes) is 5. The van der Waals surface area contributed by atoms with Crippen LogP contribution in [-0.4, -0.2) is 0 Å². The fraction of sp³-hybridized carbons (Fsp3) is 0.962. The van der Waals surface area contributed by atoms with Gasteiger partial charge in [-0.3, -0.25) is 0 Å². The van der Waals surface area contributed by atoms with Gasteiger partial charge in [-0.1, -0.05) is 71.6 Å². The minimum absolute atomic E-state index is 0.0402. The fourth-order valence-corrected chi connectivity index (χ4v) is 7.23. The lowest BCUT2D eigenvalue weighted by Gasteiger charge is -2.52. The van der Waals surface area contributed by atoms with E-state index in [1.54, 1.807) is 0 Å². The molecule has 0 saturated heterocycles. The third-order valence-corrected chi connectivity index (χ3v) is 8.78. The SMILES string of the molecule is CCCCCCCC1(C#N)CCC2C(CCC3CC(CCCC)CCC32)C1. The third kappa shape index (κ3) is 5.31. The molecular weight excluding hydrogens is 326 g/mol. The predicted octanol–water partition coefficient (Wildman–Crippen LogP) is 8.29. The summed E-state index contributed by atoms with van der Waals surface area (Å²) in [5.41, 5.74) is 0.0402. The van der Waals surface area contributed by atoms with Crippen LogP contribution in [0.15, 0.2) is 0 Å². The van der Waals surface area contributed by atoms with Gasteiger partial charge in [0.05, 0.1) is 11.5 Å². The van der Waals surface area contributed by atoms with Crippen LogP contribution < -0.4 is 0 Å². The second-order valence-electron chi connectivity index (χ2n) is 10.5. The van der Waals surface area contributed by atoms with Crippen LogP contribution in [-0.2, 0) is 0 Å². The van der Waals surface area contributed by atoms with E-state index in [1.165, 1.54) is 109 Å². The molecule has 0 aliphatic heterocycles. The first-order valence-electron chi connectivity index (χ1n) is 12.6. The maximum absolute atomic E-state index is 10.0. The summed E-state index contributed by atoms with van der Waals surface area (Å²) in [5, 5.41) is 10.0. The summed E-state index contributed by atoms with van der Waals surface area (Å²) in [5.74, 6) is 4.93. The molecule has 0 aromatic rings.